The molecule has 2 heterocycles. The molecule has 0 bridgehead atoms. The van der Waals surface area contributed by atoms with Gasteiger partial charge in [0.1, 0.15) is 0 Å². The van der Waals surface area contributed by atoms with Gasteiger partial charge in [-0.05, 0) is 43.7 Å². The van der Waals surface area contributed by atoms with Gasteiger partial charge in [0.2, 0.25) is 5.95 Å². The van der Waals surface area contributed by atoms with Crippen LogP contribution in [0.2, 0.25) is 0 Å². The van der Waals surface area contributed by atoms with Crippen LogP contribution in [0.4, 0.5) is 5.95 Å². The minimum atomic E-state index is 0.680. The zero-order valence-electron chi connectivity index (χ0n) is 12.2. The standard InChI is InChI=1S/C17H21N3/c1-13-12-18-17(19-14(13)2)20-10-8-16(9-11-20)15-6-4-3-5-7-15/h3-7,12,16H,8-11H2,1-2H3. The van der Waals surface area contributed by atoms with Crippen molar-refractivity contribution in [2.75, 3.05) is 18.0 Å². The lowest BCUT2D eigenvalue weighted by molar-refractivity contribution is 0.499. The van der Waals surface area contributed by atoms with Crippen LogP contribution in [0, 0.1) is 13.8 Å². The minimum absolute atomic E-state index is 0.680. The molecular formula is C17H21N3. The Morgan fingerprint density at radius 2 is 1.75 bits per heavy atom. The van der Waals surface area contributed by atoms with E-state index in [4.69, 9.17) is 0 Å². The monoisotopic (exact) mass is 267 g/mol. The van der Waals surface area contributed by atoms with Crippen molar-refractivity contribution in [3.05, 3.63) is 53.3 Å². The SMILES string of the molecule is Cc1cnc(N2CCC(c3ccccc3)CC2)nc1C. The van der Waals surface area contributed by atoms with E-state index in [0.717, 1.165) is 30.3 Å². The Morgan fingerprint density at radius 3 is 2.40 bits per heavy atom. The summed E-state index contributed by atoms with van der Waals surface area (Å²) in [4.78, 5) is 11.4. The van der Waals surface area contributed by atoms with Crippen LogP contribution in [0.1, 0.15) is 35.6 Å². The van der Waals surface area contributed by atoms with E-state index in [-0.39, 0.29) is 0 Å². The first-order valence-electron chi connectivity index (χ1n) is 7.34. The zero-order valence-corrected chi connectivity index (χ0v) is 12.2. The maximum Gasteiger partial charge on any atom is 0.225 e. The van der Waals surface area contributed by atoms with Gasteiger partial charge in [-0.25, -0.2) is 9.97 Å². The molecule has 3 rings (SSSR count). The predicted octanol–water partition coefficient (Wildman–Crippen LogP) is 3.48. The molecule has 3 nitrogen and oxygen atoms in total. The summed E-state index contributed by atoms with van der Waals surface area (Å²) in [7, 11) is 0. The number of aryl methyl sites for hydroxylation is 2. The number of anilines is 1. The van der Waals surface area contributed by atoms with Crippen molar-refractivity contribution in [2.24, 2.45) is 0 Å². The predicted molar refractivity (Wildman–Crippen MR) is 82.1 cm³/mol. The second-order valence-corrected chi connectivity index (χ2v) is 5.61. The van der Waals surface area contributed by atoms with Crippen molar-refractivity contribution >= 4 is 5.95 Å². The average molecular weight is 267 g/mol. The van der Waals surface area contributed by atoms with Crippen LogP contribution in [0.25, 0.3) is 0 Å². The molecule has 0 radical (unpaired) electrons. The summed E-state index contributed by atoms with van der Waals surface area (Å²) in [6.45, 7) is 6.20. The van der Waals surface area contributed by atoms with Gasteiger partial charge in [0.05, 0.1) is 0 Å². The van der Waals surface area contributed by atoms with Crippen LogP contribution >= 0.6 is 0 Å². The van der Waals surface area contributed by atoms with Gasteiger partial charge in [0.25, 0.3) is 0 Å². The first kappa shape index (κ1) is 13.1. The molecule has 0 spiro atoms. The number of rotatable bonds is 2. The maximum absolute atomic E-state index is 4.61. The summed E-state index contributed by atoms with van der Waals surface area (Å²) in [5, 5.41) is 0. The van der Waals surface area contributed by atoms with Gasteiger partial charge < -0.3 is 4.90 Å². The lowest BCUT2D eigenvalue weighted by Gasteiger charge is -2.32. The van der Waals surface area contributed by atoms with Crippen molar-refractivity contribution < 1.29 is 0 Å². The van der Waals surface area contributed by atoms with Gasteiger partial charge in [-0.3, -0.25) is 0 Å². The molecule has 0 amide bonds. The molecule has 1 aromatic heterocycles. The summed E-state index contributed by atoms with van der Waals surface area (Å²) in [6, 6.07) is 10.8. The largest absolute Gasteiger partial charge is 0.341 e. The summed E-state index contributed by atoms with van der Waals surface area (Å²) in [5.41, 5.74) is 3.71. The van der Waals surface area contributed by atoms with Crippen LogP contribution in [0.5, 0.6) is 0 Å². The first-order chi connectivity index (χ1) is 9.74. The number of aromatic nitrogens is 2. The number of benzene rings is 1. The molecule has 0 unspecified atom stereocenters. The van der Waals surface area contributed by atoms with Crippen LogP contribution in [-0.4, -0.2) is 23.1 Å². The fourth-order valence-corrected chi connectivity index (χ4v) is 2.81. The molecule has 0 atom stereocenters. The lowest BCUT2D eigenvalue weighted by atomic mass is 9.90. The van der Waals surface area contributed by atoms with E-state index >= 15 is 0 Å². The van der Waals surface area contributed by atoms with Crippen molar-refractivity contribution in [3.8, 4) is 0 Å². The molecule has 1 fully saturated rings. The van der Waals surface area contributed by atoms with Gasteiger partial charge in [-0.1, -0.05) is 30.3 Å². The molecule has 0 aliphatic carbocycles. The van der Waals surface area contributed by atoms with Gasteiger partial charge in [0, 0.05) is 25.0 Å². The van der Waals surface area contributed by atoms with Gasteiger partial charge in [-0.15, -0.1) is 0 Å². The third kappa shape index (κ3) is 2.67. The van der Waals surface area contributed by atoms with Crippen LogP contribution in [-0.2, 0) is 0 Å². The third-order valence-electron chi connectivity index (χ3n) is 4.26. The third-order valence-corrected chi connectivity index (χ3v) is 4.26. The summed E-state index contributed by atoms with van der Waals surface area (Å²) < 4.78 is 0. The highest BCUT2D eigenvalue weighted by molar-refractivity contribution is 5.34. The van der Waals surface area contributed by atoms with Crippen molar-refractivity contribution in [1.29, 1.82) is 0 Å². The molecule has 1 saturated heterocycles. The van der Waals surface area contributed by atoms with E-state index in [1.54, 1.807) is 0 Å². The van der Waals surface area contributed by atoms with Gasteiger partial charge >= 0.3 is 0 Å². The zero-order chi connectivity index (χ0) is 13.9. The van der Waals surface area contributed by atoms with E-state index in [2.05, 4.69) is 59.0 Å². The molecule has 20 heavy (non-hydrogen) atoms. The van der Waals surface area contributed by atoms with Crippen molar-refractivity contribution in [2.45, 2.75) is 32.6 Å². The summed E-state index contributed by atoms with van der Waals surface area (Å²) in [6.07, 6.45) is 4.29. The first-order valence-corrected chi connectivity index (χ1v) is 7.34. The van der Waals surface area contributed by atoms with Crippen LogP contribution in [0.3, 0.4) is 0 Å². The van der Waals surface area contributed by atoms with Crippen molar-refractivity contribution in [1.82, 2.24) is 9.97 Å². The second kappa shape index (κ2) is 5.61. The van der Waals surface area contributed by atoms with E-state index in [0.29, 0.717) is 5.92 Å². The Balaban J connectivity index is 1.68. The Bertz CT molecular complexity index is 572. The Hall–Kier alpha value is -1.90. The highest BCUT2D eigenvalue weighted by Gasteiger charge is 2.22. The highest BCUT2D eigenvalue weighted by atomic mass is 15.2. The van der Waals surface area contributed by atoms with Gasteiger partial charge in [-0.2, -0.15) is 0 Å². The number of piperidine rings is 1. The number of hydrogen-bond donors (Lipinski definition) is 0. The topological polar surface area (TPSA) is 29.0 Å². The summed E-state index contributed by atoms with van der Waals surface area (Å²) in [5.74, 6) is 1.57. The number of hydrogen-bond acceptors (Lipinski definition) is 3. The molecule has 104 valence electrons. The molecule has 1 aromatic carbocycles. The molecule has 0 saturated carbocycles. The van der Waals surface area contributed by atoms with Crippen molar-refractivity contribution in [3.63, 3.8) is 0 Å². The molecule has 0 N–H and O–H groups in total. The average Bonchev–Trinajstić information content (AvgIpc) is 2.51. The number of nitrogens with zero attached hydrogens (tertiary/aromatic N) is 3. The second-order valence-electron chi connectivity index (χ2n) is 5.61. The van der Waals surface area contributed by atoms with Crippen LogP contribution < -0.4 is 4.90 Å². The highest BCUT2D eigenvalue weighted by Crippen LogP contribution is 2.29. The normalized spacial score (nSPS) is 16.4. The Morgan fingerprint density at radius 1 is 1.05 bits per heavy atom. The minimum Gasteiger partial charge on any atom is -0.341 e. The molecular weight excluding hydrogens is 246 g/mol. The Kier molecular flexibility index (Phi) is 3.68. The summed E-state index contributed by atoms with van der Waals surface area (Å²) >= 11 is 0. The quantitative estimate of drug-likeness (QED) is 0.834. The van der Waals surface area contributed by atoms with E-state index in [1.807, 2.05) is 6.20 Å². The van der Waals surface area contributed by atoms with Crippen LogP contribution in [0.15, 0.2) is 36.5 Å². The Labute approximate surface area is 120 Å². The van der Waals surface area contributed by atoms with E-state index in [1.165, 1.54) is 18.4 Å². The smallest absolute Gasteiger partial charge is 0.225 e. The fourth-order valence-electron chi connectivity index (χ4n) is 2.81. The molecule has 1 aliphatic rings. The molecule has 3 heteroatoms. The van der Waals surface area contributed by atoms with E-state index in [9.17, 15) is 0 Å². The molecule has 1 aliphatic heterocycles. The maximum atomic E-state index is 4.61. The molecule has 2 aromatic rings. The van der Waals surface area contributed by atoms with E-state index < -0.39 is 0 Å². The lowest BCUT2D eigenvalue weighted by Crippen LogP contribution is -2.34. The van der Waals surface area contributed by atoms with Gasteiger partial charge in [0.15, 0.2) is 0 Å². The fraction of sp³-hybridized carbons (Fsp3) is 0.412.